The van der Waals surface area contributed by atoms with Gasteiger partial charge >= 0.3 is 0 Å². The lowest BCUT2D eigenvalue weighted by Crippen LogP contribution is -2.27. The van der Waals surface area contributed by atoms with Crippen LogP contribution in [0.15, 0.2) is 41.4 Å². The topological polar surface area (TPSA) is 34.0 Å². The van der Waals surface area contributed by atoms with Gasteiger partial charge in [-0.2, -0.15) is 0 Å². The predicted octanol–water partition coefficient (Wildman–Crippen LogP) is 3.12. The van der Waals surface area contributed by atoms with Crippen LogP contribution in [0.4, 0.5) is 0 Å². The Hall–Kier alpha value is -1.20. The first-order chi connectivity index (χ1) is 9.20. The molecule has 1 aromatic carbocycles. The Morgan fingerprint density at radius 3 is 2.42 bits per heavy atom. The van der Waals surface area contributed by atoms with Gasteiger partial charge in [-0.1, -0.05) is 35.0 Å². The van der Waals surface area contributed by atoms with Crippen LogP contribution in [0, 0.1) is 0 Å². The molecule has 0 aliphatic heterocycles. The first kappa shape index (κ1) is 14.2. The SMILES string of the molecule is CC[C@@H](c1ccc(Br)cc1)N(C)CCn1cnnc1. The minimum absolute atomic E-state index is 0.449. The molecule has 0 N–H and O–H groups in total. The van der Waals surface area contributed by atoms with Crippen molar-refractivity contribution in [2.24, 2.45) is 0 Å². The Morgan fingerprint density at radius 1 is 1.21 bits per heavy atom. The third kappa shape index (κ3) is 3.88. The fourth-order valence-corrected chi connectivity index (χ4v) is 2.52. The van der Waals surface area contributed by atoms with Gasteiger partial charge in [-0.05, 0) is 31.2 Å². The van der Waals surface area contributed by atoms with Gasteiger partial charge in [0.1, 0.15) is 12.7 Å². The van der Waals surface area contributed by atoms with Crippen molar-refractivity contribution in [3.05, 3.63) is 47.0 Å². The van der Waals surface area contributed by atoms with Gasteiger partial charge in [-0.3, -0.25) is 4.90 Å². The number of aromatic nitrogens is 3. The summed E-state index contributed by atoms with van der Waals surface area (Å²) in [4.78, 5) is 2.38. The summed E-state index contributed by atoms with van der Waals surface area (Å²) in [5, 5.41) is 7.64. The fourth-order valence-electron chi connectivity index (χ4n) is 2.25. The van der Waals surface area contributed by atoms with Gasteiger partial charge in [0.05, 0.1) is 0 Å². The lowest BCUT2D eigenvalue weighted by molar-refractivity contribution is 0.229. The van der Waals surface area contributed by atoms with E-state index in [0.717, 1.165) is 24.0 Å². The van der Waals surface area contributed by atoms with Crippen molar-refractivity contribution >= 4 is 15.9 Å². The highest BCUT2D eigenvalue weighted by Crippen LogP contribution is 2.24. The summed E-state index contributed by atoms with van der Waals surface area (Å²) in [6.07, 6.45) is 4.61. The van der Waals surface area contributed by atoms with Crippen LogP contribution in [0.3, 0.4) is 0 Å². The summed E-state index contributed by atoms with van der Waals surface area (Å²) in [5.41, 5.74) is 1.36. The van der Waals surface area contributed by atoms with Gasteiger partial charge in [-0.15, -0.1) is 10.2 Å². The summed E-state index contributed by atoms with van der Waals surface area (Å²) in [7, 11) is 2.17. The molecular weight excluding hydrogens is 304 g/mol. The summed E-state index contributed by atoms with van der Waals surface area (Å²) >= 11 is 3.48. The van der Waals surface area contributed by atoms with E-state index < -0.39 is 0 Å². The smallest absolute Gasteiger partial charge is 0.119 e. The second-order valence-electron chi connectivity index (χ2n) is 4.66. The molecular formula is C14H19BrN4. The second kappa shape index (κ2) is 6.82. The molecule has 1 aromatic heterocycles. The van der Waals surface area contributed by atoms with E-state index in [4.69, 9.17) is 0 Å². The van der Waals surface area contributed by atoms with Crippen molar-refractivity contribution in [2.45, 2.75) is 25.9 Å². The first-order valence-electron chi connectivity index (χ1n) is 6.49. The van der Waals surface area contributed by atoms with E-state index in [0.29, 0.717) is 6.04 Å². The molecule has 4 nitrogen and oxygen atoms in total. The van der Waals surface area contributed by atoms with Gasteiger partial charge in [0.25, 0.3) is 0 Å². The maximum Gasteiger partial charge on any atom is 0.119 e. The minimum Gasteiger partial charge on any atom is -0.319 e. The second-order valence-corrected chi connectivity index (χ2v) is 5.57. The Kier molecular flexibility index (Phi) is 5.10. The summed E-state index contributed by atoms with van der Waals surface area (Å²) < 4.78 is 3.13. The third-order valence-electron chi connectivity index (χ3n) is 3.35. The average molecular weight is 323 g/mol. The van der Waals surface area contributed by atoms with Crippen LogP contribution in [0.25, 0.3) is 0 Å². The van der Waals surface area contributed by atoms with E-state index >= 15 is 0 Å². The minimum atomic E-state index is 0.449. The average Bonchev–Trinajstić information content (AvgIpc) is 2.92. The largest absolute Gasteiger partial charge is 0.319 e. The monoisotopic (exact) mass is 322 g/mol. The quantitative estimate of drug-likeness (QED) is 0.819. The van der Waals surface area contributed by atoms with Gasteiger partial charge < -0.3 is 4.57 Å². The molecule has 19 heavy (non-hydrogen) atoms. The van der Waals surface area contributed by atoms with Crippen LogP contribution in [0.5, 0.6) is 0 Å². The molecule has 2 rings (SSSR count). The molecule has 2 aromatic rings. The maximum absolute atomic E-state index is 3.82. The highest BCUT2D eigenvalue weighted by Gasteiger charge is 2.14. The Bertz CT molecular complexity index is 481. The summed E-state index contributed by atoms with van der Waals surface area (Å²) in [5.74, 6) is 0. The van der Waals surface area contributed by atoms with E-state index in [9.17, 15) is 0 Å². The van der Waals surface area contributed by atoms with Crippen molar-refractivity contribution in [2.75, 3.05) is 13.6 Å². The molecule has 0 unspecified atom stereocenters. The molecule has 1 heterocycles. The molecule has 0 bridgehead atoms. The van der Waals surface area contributed by atoms with Crippen LogP contribution >= 0.6 is 15.9 Å². The molecule has 5 heteroatoms. The van der Waals surface area contributed by atoms with Crippen LogP contribution in [-0.4, -0.2) is 33.3 Å². The van der Waals surface area contributed by atoms with Gasteiger partial charge in [0.2, 0.25) is 0 Å². The van der Waals surface area contributed by atoms with E-state index in [2.05, 4.69) is 69.3 Å². The van der Waals surface area contributed by atoms with Crippen LogP contribution < -0.4 is 0 Å². The first-order valence-corrected chi connectivity index (χ1v) is 7.28. The van der Waals surface area contributed by atoms with E-state index in [-0.39, 0.29) is 0 Å². The zero-order valence-electron chi connectivity index (χ0n) is 11.3. The lowest BCUT2D eigenvalue weighted by Gasteiger charge is -2.27. The Balaban J connectivity index is 1.98. The molecule has 1 atom stereocenters. The van der Waals surface area contributed by atoms with Crippen LogP contribution in [0.1, 0.15) is 24.9 Å². The van der Waals surface area contributed by atoms with Gasteiger partial charge in [0.15, 0.2) is 0 Å². The number of hydrogen-bond acceptors (Lipinski definition) is 3. The summed E-state index contributed by atoms with van der Waals surface area (Å²) in [6, 6.07) is 9.03. The maximum atomic E-state index is 3.82. The van der Waals surface area contributed by atoms with Crippen molar-refractivity contribution in [1.82, 2.24) is 19.7 Å². The van der Waals surface area contributed by atoms with Gasteiger partial charge in [0, 0.05) is 23.6 Å². The number of likely N-dealkylation sites (N-methyl/N-ethyl adjacent to an activating group) is 1. The number of rotatable bonds is 6. The molecule has 0 amide bonds. The number of benzene rings is 1. The summed E-state index contributed by atoms with van der Waals surface area (Å²) in [6.45, 7) is 4.12. The number of nitrogens with zero attached hydrogens (tertiary/aromatic N) is 4. The molecule has 0 aliphatic rings. The van der Waals surface area contributed by atoms with Crippen LogP contribution in [0.2, 0.25) is 0 Å². The van der Waals surface area contributed by atoms with Crippen molar-refractivity contribution < 1.29 is 0 Å². The molecule has 102 valence electrons. The van der Waals surface area contributed by atoms with Crippen molar-refractivity contribution in [1.29, 1.82) is 0 Å². The third-order valence-corrected chi connectivity index (χ3v) is 3.88. The fraction of sp³-hybridized carbons (Fsp3) is 0.429. The van der Waals surface area contributed by atoms with Gasteiger partial charge in [-0.25, -0.2) is 0 Å². The normalized spacial score (nSPS) is 12.8. The molecule has 0 spiro atoms. The van der Waals surface area contributed by atoms with Crippen molar-refractivity contribution in [3.63, 3.8) is 0 Å². The zero-order chi connectivity index (χ0) is 13.7. The molecule has 0 aliphatic carbocycles. The molecule has 0 fully saturated rings. The number of hydrogen-bond donors (Lipinski definition) is 0. The molecule has 0 saturated carbocycles. The van der Waals surface area contributed by atoms with Crippen molar-refractivity contribution in [3.8, 4) is 0 Å². The zero-order valence-corrected chi connectivity index (χ0v) is 12.9. The Morgan fingerprint density at radius 2 is 1.84 bits per heavy atom. The lowest BCUT2D eigenvalue weighted by atomic mass is 10.0. The number of halogens is 1. The highest BCUT2D eigenvalue weighted by molar-refractivity contribution is 9.10. The Labute approximate surface area is 122 Å². The molecule has 0 saturated heterocycles. The predicted molar refractivity (Wildman–Crippen MR) is 79.8 cm³/mol. The van der Waals surface area contributed by atoms with E-state index in [1.165, 1.54) is 5.56 Å². The molecule has 0 radical (unpaired) electrons. The standard InChI is InChI=1S/C14H19BrN4/c1-3-14(12-4-6-13(15)7-5-12)18(2)8-9-19-10-16-17-11-19/h4-7,10-11,14H,3,8-9H2,1-2H3/t14-/m0/s1. The van der Waals surface area contributed by atoms with E-state index in [1.807, 2.05) is 4.57 Å². The van der Waals surface area contributed by atoms with Crippen LogP contribution in [-0.2, 0) is 6.54 Å². The highest BCUT2D eigenvalue weighted by atomic mass is 79.9. The van der Waals surface area contributed by atoms with E-state index in [1.54, 1.807) is 12.7 Å².